The van der Waals surface area contributed by atoms with Gasteiger partial charge in [-0.25, -0.2) is 20.2 Å². The summed E-state index contributed by atoms with van der Waals surface area (Å²) < 4.78 is 0. The molecular formula is C27H36ClN5O. The monoisotopic (exact) mass is 481 g/mol. The minimum absolute atomic E-state index is 0.208. The molecule has 0 aliphatic heterocycles. The fourth-order valence-corrected chi connectivity index (χ4v) is 4.13. The largest absolute Gasteiger partial charge is 0.340 e. The van der Waals surface area contributed by atoms with Crippen LogP contribution in [0.3, 0.4) is 0 Å². The zero-order valence-electron chi connectivity index (χ0n) is 20.1. The van der Waals surface area contributed by atoms with Crippen LogP contribution in [0, 0.1) is 0 Å². The molecule has 7 heteroatoms. The van der Waals surface area contributed by atoms with E-state index < -0.39 is 0 Å². The summed E-state index contributed by atoms with van der Waals surface area (Å²) in [7, 11) is 0. The Bertz CT molecular complexity index is 1010. The van der Waals surface area contributed by atoms with Crippen molar-refractivity contribution in [3.8, 4) is 0 Å². The Labute approximate surface area is 208 Å². The van der Waals surface area contributed by atoms with Gasteiger partial charge >= 0.3 is 6.03 Å². The number of nitrogens with one attached hydrogen (secondary N) is 2. The lowest BCUT2D eigenvalue weighted by molar-refractivity contribution is 0.248. The molecule has 0 saturated heterocycles. The molecule has 3 aromatic rings. The van der Waals surface area contributed by atoms with Crippen LogP contribution in [0.2, 0.25) is 5.15 Å². The third-order valence-corrected chi connectivity index (χ3v) is 6.13. The highest BCUT2D eigenvalue weighted by molar-refractivity contribution is 6.32. The lowest BCUT2D eigenvalue weighted by Crippen LogP contribution is -2.43. The summed E-state index contributed by atoms with van der Waals surface area (Å²) in [5.41, 5.74) is 7.85. The SMILES string of the molecule is CCCCCCCCCCCCN(C(=O)NNc1nc2ccccc2nc1Cl)c1ccccc1. The molecule has 0 atom stereocenters. The minimum atomic E-state index is -0.256. The van der Waals surface area contributed by atoms with E-state index in [1.165, 1.54) is 51.4 Å². The maximum atomic E-state index is 13.0. The summed E-state index contributed by atoms with van der Waals surface area (Å²) in [5, 5.41) is 0.208. The average molecular weight is 482 g/mol. The van der Waals surface area contributed by atoms with Crippen molar-refractivity contribution in [2.75, 3.05) is 16.9 Å². The molecule has 1 heterocycles. The van der Waals surface area contributed by atoms with E-state index in [1.54, 1.807) is 4.90 Å². The van der Waals surface area contributed by atoms with Crippen LogP contribution in [0.4, 0.5) is 16.3 Å². The molecule has 0 spiro atoms. The molecular weight excluding hydrogens is 446 g/mol. The van der Waals surface area contributed by atoms with Gasteiger partial charge in [0.2, 0.25) is 0 Å². The van der Waals surface area contributed by atoms with Gasteiger partial charge in [0.1, 0.15) is 0 Å². The predicted molar refractivity (Wildman–Crippen MR) is 142 cm³/mol. The van der Waals surface area contributed by atoms with E-state index >= 15 is 0 Å². The fourth-order valence-electron chi connectivity index (χ4n) is 3.95. The van der Waals surface area contributed by atoms with Crippen molar-refractivity contribution >= 4 is 40.2 Å². The predicted octanol–water partition coefficient (Wildman–Crippen LogP) is 7.75. The molecule has 34 heavy (non-hydrogen) atoms. The van der Waals surface area contributed by atoms with E-state index in [-0.39, 0.29) is 11.2 Å². The number of amides is 2. The number of para-hydroxylation sites is 3. The average Bonchev–Trinajstić information content (AvgIpc) is 2.86. The number of hydrogen-bond donors (Lipinski definition) is 2. The molecule has 0 saturated carbocycles. The lowest BCUT2D eigenvalue weighted by atomic mass is 10.1. The Morgan fingerprint density at radius 1 is 0.794 bits per heavy atom. The van der Waals surface area contributed by atoms with E-state index in [0.29, 0.717) is 23.4 Å². The van der Waals surface area contributed by atoms with E-state index in [1.807, 2.05) is 54.6 Å². The number of anilines is 2. The van der Waals surface area contributed by atoms with Crippen molar-refractivity contribution in [3.63, 3.8) is 0 Å². The number of carbonyl (C=O) groups excluding carboxylic acids is 1. The first kappa shape index (κ1) is 25.8. The van der Waals surface area contributed by atoms with Crippen LogP contribution >= 0.6 is 11.6 Å². The Morgan fingerprint density at radius 3 is 2.00 bits per heavy atom. The number of benzene rings is 2. The maximum Gasteiger partial charge on any atom is 0.340 e. The molecule has 0 aliphatic carbocycles. The Balaban J connectivity index is 1.49. The molecule has 2 aromatic carbocycles. The van der Waals surface area contributed by atoms with E-state index in [4.69, 9.17) is 11.6 Å². The number of rotatable bonds is 14. The van der Waals surface area contributed by atoms with Gasteiger partial charge in [0.25, 0.3) is 0 Å². The number of halogens is 1. The summed E-state index contributed by atoms with van der Waals surface area (Å²) in [4.78, 5) is 23.6. The van der Waals surface area contributed by atoms with Crippen LogP contribution in [-0.4, -0.2) is 22.5 Å². The van der Waals surface area contributed by atoms with Crippen molar-refractivity contribution in [1.29, 1.82) is 0 Å². The van der Waals surface area contributed by atoms with E-state index in [9.17, 15) is 4.79 Å². The minimum Gasteiger partial charge on any atom is -0.293 e. The fraction of sp³-hybridized carbons (Fsp3) is 0.444. The van der Waals surface area contributed by atoms with Gasteiger partial charge in [0.15, 0.2) is 11.0 Å². The number of hydrazine groups is 1. The van der Waals surface area contributed by atoms with E-state index in [0.717, 1.165) is 18.5 Å². The summed E-state index contributed by atoms with van der Waals surface area (Å²) >= 11 is 6.26. The summed E-state index contributed by atoms with van der Waals surface area (Å²) in [6, 6.07) is 16.9. The second kappa shape index (κ2) is 14.4. The zero-order valence-corrected chi connectivity index (χ0v) is 20.9. The van der Waals surface area contributed by atoms with Crippen LogP contribution in [0.15, 0.2) is 54.6 Å². The van der Waals surface area contributed by atoms with Crippen molar-refractivity contribution in [3.05, 3.63) is 59.8 Å². The molecule has 6 nitrogen and oxygen atoms in total. The van der Waals surface area contributed by atoms with Crippen LogP contribution in [0.1, 0.15) is 71.1 Å². The number of hydrogen-bond acceptors (Lipinski definition) is 4. The maximum absolute atomic E-state index is 13.0. The Hall–Kier alpha value is -2.86. The highest BCUT2D eigenvalue weighted by Gasteiger charge is 2.16. The first-order valence-electron chi connectivity index (χ1n) is 12.5. The number of nitrogens with zero attached hydrogens (tertiary/aromatic N) is 3. The first-order valence-corrected chi connectivity index (χ1v) is 12.9. The van der Waals surface area contributed by atoms with Gasteiger partial charge in [0, 0.05) is 12.2 Å². The molecule has 0 unspecified atom stereocenters. The second-order valence-electron chi connectivity index (χ2n) is 8.58. The molecule has 2 N–H and O–H groups in total. The van der Waals surface area contributed by atoms with Gasteiger partial charge in [-0.3, -0.25) is 10.3 Å². The van der Waals surface area contributed by atoms with Crippen LogP contribution in [0.25, 0.3) is 11.0 Å². The zero-order chi connectivity index (χ0) is 24.0. The quantitative estimate of drug-likeness (QED) is 0.182. The molecule has 0 bridgehead atoms. The Morgan fingerprint density at radius 2 is 1.35 bits per heavy atom. The van der Waals surface area contributed by atoms with Crippen molar-refractivity contribution in [1.82, 2.24) is 15.4 Å². The first-order chi connectivity index (χ1) is 16.7. The molecule has 3 rings (SSSR count). The Kier molecular flexibility index (Phi) is 10.9. The van der Waals surface area contributed by atoms with Gasteiger partial charge in [-0.15, -0.1) is 0 Å². The molecule has 0 fully saturated rings. The lowest BCUT2D eigenvalue weighted by Gasteiger charge is -2.23. The summed E-state index contributed by atoms with van der Waals surface area (Å²) in [5.74, 6) is 0.320. The topological polar surface area (TPSA) is 70.2 Å². The normalized spacial score (nSPS) is 10.9. The van der Waals surface area contributed by atoms with Gasteiger partial charge in [0.05, 0.1) is 11.0 Å². The number of urea groups is 1. The number of fused-ring (bicyclic) bond motifs is 1. The third kappa shape index (κ3) is 8.17. The molecule has 2 amide bonds. The second-order valence-corrected chi connectivity index (χ2v) is 8.93. The van der Waals surface area contributed by atoms with Gasteiger partial charge < -0.3 is 0 Å². The van der Waals surface area contributed by atoms with Crippen LogP contribution in [-0.2, 0) is 0 Å². The molecule has 0 aliphatic rings. The number of carbonyl (C=O) groups is 1. The van der Waals surface area contributed by atoms with E-state index in [2.05, 4.69) is 27.7 Å². The molecule has 182 valence electrons. The summed E-state index contributed by atoms with van der Waals surface area (Å²) in [6.07, 6.45) is 12.6. The smallest absolute Gasteiger partial charge is 0.293 e. The van der Waals surface area contributed by atoms with Crippen molar-refractivity contribution < 1.29 is 4.79 Å². The van der Waals surface area contributed by atoms with Gasteiger partial charge in [-0.2, -0.15) is 0 Å². The molecule has 1 aromatic heterocycles. The van der Waals surface area contributed by atoms with Crippen molar-refractivity contribution in [2.24, 2.45) is 0 Å². The number of unbranched alkanes of at least 4 members (excludes halogenated alkanes) is 9. The van der Waals surface area contributed by atoms with Crippen LogP contribution in [0.5, 0.6) is 0 Å². The number of aromatic nitrogens is 2. The highest BCUT2D eigenvalue weighted by Crippen LogP contribution is 2.21. The highest BCUT2D eigenvalue weighted by atomic mass is 35.5. The molecule has 0 radical (unpaired) electrons. The van der Waals surface area contributed by atoms with Gasteiger partial charge in [-0.1, -0.05) is 107 Å². The standard InChI is InChI=1S/C27H36ClN5O/c1-2-3-4-5-6-7-8-9-10-16-21-33(22-17-12-11-13-18-22)27(34)32-31-26-25(28)29-23-19-14-15-20-24(23)30-26/h11-15,17-20H,2-10,16,21H2,1H3,(H,30,31)(H,32,34). The van der Waals surface area contributed by atoms with Crippen LogP contribution < -0.4 is 15.8 Å². The van der Waals surface area contributed by atoms with Gasteiger partial charge in [-0.05, 0) is 30.7 Å². The summed E-state index contributed by atoms with van der Waals surface area (Å²) in [6.45, 7) is 2.90. The van der Waals surface area contributed by atoms with Crippen molar-refractivity contribution in [2.45, 2.75) is 71.1 Å². The third-order valence-electron chi connectivity index (χ3n) is 5.86.